The first-order valence-corrected chi connectivity index (χ1v) is 14.4. The highest BCUT2D eigenvalue weighted by Gasteiger charge is 2.32. The molecule has 0 fully saturated rings. The second kappa shape index (κ2) is 13.4. The monoisotopic (exact) mass is 569 g/mol. The summed E-state index contributed by atoms with van der Waals surface area (Å²) in [5.74, 6) is -0.800. The van der Waals surface area contributed by atoms with Gasteiger partial charge in [0.15, 0.2) is 0 Å². The van der Waals surface area contributed by atoms with Crippen molar-refractivity contribution in [2.45, 2.75) is 45.2 Å². The molecule has 0 saturated carbocycles. The number of carbonyl (C=O) groups excluding carboxylic acids is 2. The van der Waals surface area contributed by atoms with Crippen LogP contribution in [0.5, 0.6) is 5.75 Å². The number of ether oxygens (including phenoxy) is 1. The fourth-order valence-electron chi connectivity index (χ4n) is 3.95. The first-order chi connectivity index (χ1) is 18.9. The first-order valence-electron chi connectivity index (χ1n) is 13.0. The standard InChI is InChI=1S/C30H36FN3O5S/c1-21(2)18-32-30(36)23(4)33(19-24-11-13-25(31)14-12-24)29(35)20-34(26-7-6-8-27(17-26)39-5)40(37,38)28-15-9-22(3)10-16-28/h6-17,21,23H,18-20H2,1-5H3,(H,32,36). The van der Waals surface area contributed by atoms with Gasteiger partial charge in [0.2, 0.25) is 11.8 Å². The number of carbonyl (C=O) groups is 2. The summed E-state index contributed by atoms with van der Waals surface area (Å²) in [7, 11) is -2.73. The molecule has 1 atom stereocenters. The van der Waals surface area contributed by atoms with Gasteiger partial charge in [-0.25, -0.2) is 12.8 Å². The number of aryl methyl sites for hydroxylation is 1. The van der Waals surface area contributed by atoms with Gasteiger partial charge >= 0.3 is 0 Å². The van der Waals surface area contributed by atoms with Crippen LogP contribution in [-0.4, -0.2) is 51.4 Å². The molecule has 1 N–H and O–H groups in total. The van der Waals surface area contributed by atoms with E-state index in [1.54, 1.807) is 37.3 Å². The van der Waals surface area contributed by atoms with Crippen LogP contribution in [-0.2, 0) is 26.2 Å². The van der Waals surface area contributed by atoms with Gasteiger partial charge in [0.25, 0.3) is 10.0 Å². The molecule has 0 aliphatic rings. The quantitative estimate of drug-likeness (QED) is 0.346. The van der Waals surface area contributed by atoms with E-state index in [0.29, 0.717) is 17.9 Å². The Morgan fingerprint density at radius 2 is 1.62 bits per heavy atom. The molecule has 0 saturated heterocycles. The Hall–Kier alpha value is -3.92. The van der Waals surface area contributed by atoms with Crippen LogP contribution in [0.1, 0.15) is 31.9 Å². The lowest BCUT2D eigenvalue weighted by Gasteiger charge is -2.32. The maximum Gasteiger partial charge on any atom is 0.264 e. The predicted molar refractivity (Wildman–Crippen MR) is 153 cm³/mol. The summed E-state index contributed by atoms with van der Waals surface area (Å²) in [4.78, 5) is 28.2. The maximum atomic E-state index is 13.9. The molecule has 10 heteroatoms. The first kappa shape index (κ1) is 30.6. The van der Waals surface area contributed by atoms with Crippen LogP contribution in [0.3, 0.4) is 0 Å². The number of benzene rings is 3. The molecule has 214 valence electrons. The zero-order valence-corrected chi connectivity index (χ0v) is 24.2. The van der Waals surface area contributed by atoms with Gasteiger partial charge in [-0.2, -0.15) is 0 Å². The topological polar surface area (TPSA) is 96.0 Å². The van der Waals surface area contributed by atoms with E-state index in [1.165, 1.54) is 54.5 Å². The molecular weight excluding hydrogens is 533 g/mol. The van der Waals surface area contributed by atoms with E-state index >= 15 is 0 Å². The fourth-order valence-corrected chi connectivity index (χ4v) is 5.36. The number of methoxy groups -OCH3 is 1. The highest BCUT2D eigenvalue weighted by Crippen LogP contribution is 2.28. The Labute approximate surface area is 235 Å². The number of nitrogens with zero attached hydrogens (tertiary/aromatic N) is 2. The van der Waals surface area contributed by atoms with E-state index in [-0.39, 0.29) is 29.0 Å². The Morgan fingerprint density at radius 1 is 0.975 bits per heavy atom. The van der Waals surface area contributed by atoms with Gasteiger partial charge in [0.05, 0.1) is 17.7 Å². The second-order valence-corrected chi connectivity index (χ2v) is 11.9. The third-order valence-corrected chi connectivity index (χ3v) is 8.14. The van der Waals surface area contributed by atoms with Crippen molar-refractivity contribution in [2.75, 3.05) is 24.5 Å². The van der Waals surface area contributed by atoms with E-state index in [9.17, 15) is 22.4 Å². The molecule has 2 amide bonds. The summed E-state index contributed by atoms with van der Waals surface area (Å²) < 4.78 is 47.6. The van der Waals surface area contributed by atoms with Gasteiger partial charge in [0, 0.05) is 19.2 Å². The largest absolute Gasteiger partial charge is 0.497 e. The van der Waals surface area contributed by atoms with Crippen molar-refractivity contribution in [3.8, 4) is 5.75 Å². The van der Waals surface area contributed by atoms with Gasteiger partial charge in [-0.3, -0.25) is 13.9 Å². The number of hydrogen-bond acceptors (Lipinski definition) is 5. The van der Waals surface area contributed by atoms with Crippen LogP contribution in [0.2, 0.25) is 0 Å². The third kappa shape index (κ3) is 7.81. The van der Waals surface area contributed by atoms with Gasteiger partial charge in [-0.05, 0) is 61.7 Å². The van der Waals surface area contributed by atoms with Gasteiger partial charge < -0.3 is 15.0 Å². The van der Waals surface area contributed by atoms with E-state index in [4.69, 9.17) is 4.74 Å². The van der Waals surface area contributed by atoms with Crippen LogP contribution < -0.4 is 14.4 Å². The average molecular weight is 570 g/mol. The number of halogens is 1. The minimum atomic E-state index is -4.19. The van der Waals surface area contributed by atoms with Crippen LogP contribution in [0, 0.1) is 18.7 Å². The molecule has 0 aromatic heterocycles. The Balaban J connectivity index is 2.02. The summed E-state index contributed by atoms with van der Waals surface area (Å²) >= 11 is 0. The lowest BCUT2D eigenvalue weighted by Crippen LogP contribution is -2.51. The van der Waals surface area contributed by atoms with Crippen molar-refractivity contribution in [1.29, 1.82) is 0 Å². The van der Waals surface area contributed by atoms with Crippen LogP contribution in [0.15, 0.2) is 77.7 Å². The summed E-state index contributed by atoms with van der Waals surface area (Å²) in [5, 5.41) is 2.83. The molecule has 3 aromatic carbocycles. The number of nitrogens with one attached hydrogen (secondary N) is 1. The molecule has 1 unspecified atom stereocenters. The molecule has 0 heterocycles. The molecule has 0 bridgehead atoms. The molecule has 0 aliphatic heterocycles. The van der Waals surface area contributed by atoms with Crippen molar-refractivity contribution in [2.24, 2.45) is 5.92 Å². The molecule has 0 radical (unpaired) electrons. The van der Waals surface area contributed by atoms with Crippen molar-refractivity contribution >= 4 is 27.5 Å². The molecule has 40 heavy (non-hydrogen) atoms. The molecule has 3 aromatic rings. The predicted octanol–water partition coefficient (Wildman–Crippen LogP) is 4.53. The minimum Gasteiger partial charge on any atom is -0.497 e. The van der Waals surface area contributed by atoms with E-state index in [0.717, 1.165) is 9.87 Å². The van der Waals surface area contributed by atoms with Gasteiger partial charge in [-0.1, -0.05) is 49.7 Å². The number of anilines is 1. The molecule has 0 aliphatic carbocycles. The lowest BCUT2D eigenvalue weighted by molar-refractivity contribution is -0.139. The van der Waals surface area contributed by atoms with E-state index in [1.807, 2.05) is 20.8 Å². The van der Waals surface area contributed by atoms with Crippen molar-refractivity contribution in [3.05, 3.63) is 89.7 Å². The fraction of sp³-hybridized carbons (Fsp3) is 0.333. The highest BCUT2D eigenvalue weighted by molar-refractivity contribution is 7.92. The van der Waals surface area contributed by atoms with Crippen molar-refractivity contribution in [3.63, 3.8) is 0 Å². The summed E-state index contributed by atoms with van der Waals surface area (Å²) in [5.41, 5.74) is 1.70. The van der Waals surface area contributed by atoms with Crippen molar-refractivity contribution in [1.82, 2.24) is 10.2 Å². The zero-order valence-electron chi connectivity index (χ0n) is 23.4. The van der Waals surface area contributed by atoms with E-state index in [2.05, 4.69) is 5.32 Å². The molecular formula is C30H36FN3O5S. The average Bonchev–Trinajstić information content (AvgIpc) is 2.93. The Kier molecular flexibility index (Phi) is 10.3. The third-order valence-electron chi connectivity index (χ3n) is 6.35. The van der Waals surface area contributed by atoms with Crippen LogP contribution in [0.25, 0.3) is 0 Å². The molecule has 3 rings (SSSR count). The lowest BCUT2D eigenvalue weighted by atomic mass is 10.1. The summed E-state index contributed by atoms with van der Waals surface area (Å²) in [6.45, 7) is 7.15. The molecule has 8 nitrogen and oxygen atoms in total. The number of rotatable bonds is 12. The van der Waals surface area contributed by atoms with Gasteiger partial charge in [0.1, 0.15) is 24.2 Å². The SMILES string of the molecule is COc1cccc(N(CC(=O)N(Cc2ccc(F)cc2)C(C)C(=O)NCC(C)C)S(=O)(=O)c2ccc(C)cc2)c1. The zero-order chi connectivity index (χ0) is 29.4. The van der Waals surface area contributed by atoms with Gasteiger partial charge in [-0.15, -0.1) is 0 Å². The van der Waals surface area contributed by atoms with Crippen molar-refractivity contribution < 1.29 is 27.1 Å². The molecule has 0 spiro atoms. The van der Waals surface area contributed by atoms with Crippen LogP contribution in [0.4, 0.5) is 10.1 Å². The summed E-state index contributed by atoms with van der Waals surface area (Å²) in [6.07, 6.45) is 0. The normalized spacial score (nSPS) is 12.1. The highest BCUT2D eigenvalue weighted by atomic mass is 32.2. The second-order valence-electron chi connectivity index (χ2n) is 9.99. The van der Waals surface area contributed by atoms with Crippen LogP contribution >= 0.6 is 0 Å². The Morgan fingerprint density at radius 3 is 2.23 bits per heavy atom. The number of sulfonamides is 1. The number of amides is 2. The maximum absolute atomic E-state index is 13.9. The minimum absolute atomic E-state index is 0.0153. The van der Waals surface area contributed by atoms with E-state index < -0.39 is 34.3 Å². The smallest absolute Gasteiger partial charge is 0.264 e. The number of hydrogen-bond donors (Lipinski definition) is 1. The summed E-state index contributed by atoms with van der Waals surface area (Å²) in [6, 6.07) is 17.4. The Bertz CT molecular complexity index is 1410.